The average Bonchev–Trinajstić information content (AvgIpc) is 2.65. The van der Waals surface area contributed by atoms with E-state index in [1.807, 2.05) is 0 Å². The van der Waals surface area contributed by atoms with Gasteiger partial charge >= 0.3 is 7.12 Å². The van der Waals surface area contributed by atoms with Crippen LogP contribution in [0.3, 0.4) is 0 Å². The van der Waals surface area contributed by atoms with E-state index in [1.165, 1.54) is 18.4 Å². The minimum Gasteiger partial charge on any atom is -0.399 e. The highest BCUT2D eigenvalue weighted by Gasteiger charge is 2.52. The lowest BCUT2D eigenvalue weighted by molar-refractivity contribution is 0.00578. The Labute approximate surface area is 129 Å². The summed E-state index contributed by atoms with van der Waals surface area (Å²) < 4.78 is 12.1. The molecule has 0 aromatic heterocycles. The molecular formula is C18H27BO2. The highest BCUT2D eigenvalue weighted by molar-refractivity contribution is 6.68. The zero-order valence-corrected chi connectivity index (χ0v) is 14.0. The number of hydrogen-bond donors (Lipinski definition) is 0. The molecule has 0 bridgehead atoms. The standard InChI is InChI=1S/C18H27BO2/c1-7-8-9-15-10-12-16(13-11-15)14(2)19-20-17(3,4)18(5,6)21-19/h10-13H,2,7-9H2,1,3-6H3. The van der Waals surface area contributed by atoms with Gasteiger partial charge in [-0.3, -0.25) is 0 Å². The van der Waals surface area contributed by atoms with Crippen molar-refractivity contribution in [2.75, 3.05) is 0 Å². The molecule has 1 aromatic rings. The Morgan fingerprint density at radius 3 is 2.05 bits per heavy atom. The summed E-state index contributed by atoms with van der Waals surface area (Å²) in [7, 11) is -0.364. The van der Waals surface area contributed by atoms with Crippen LogP contribution in [-0.2, 0) is 15.7 Å². The normalized spacial score (nSPS) is 19.8. The van der Waals surface area contributed by atoms with Crippen molar-refractivity contribution in [3.63, 3.8) is 0 Å². The zero-order valence-electron chi connectivity index (χ0n) is 14.0. The van der Waals surface area contributed by atoms with Crippen LogP contribution in [0.25, 0.3) is 5.47 Å². The van der Waals surface area contributed by atoms with E-state index in [0.29, 0.717) is 0 Å². The molecule has 0 atom stereocenters. The number of benzene rings is 1. The van der Waals surface area contributed by atoms with Gasteiger partial charge in [0.05, 0.1) is 11.2 Å². The zero-order chi connectivity index (χ0) is 15.7. The van der Waals surface area contributed by atoms with Crippen LogP contribution in [0.5, 0.6) is 0 Å². The fraction of sp³-hybridized carbons (Fsp3) is 0.556. The number of aryl methyl sites for hydroxylation is 1. The molecule has 0 aliphatic carbocycles. The van der Waals surface area contributed by atoms with Crippen molar-refractivity contribution in [2.24, 2.45) is 0 Å². The first-order valence-corrected chi connectivity index (χ1v) is 7.90. The van der Waals surface area contributed by atoms with Gasteiger partial charge in [0.1, 0.15) is 0 Å². The molecule has 1 aromatic carbocycles. The maximum absolute atomic E-state index is 6.05. The van der Waals surface area contributed by atoms with Gasteiger partial charge in [-0.15, -0.1) is 0 Å². The SMILES string of the molecule is C=C(B1OC(C)(C)C(C)(C)O1)c1ccc(CCCC)cc1. The maximum atomic E-state index is 6.05. The summed E-state index contributed by atoms with van der Waals surface area (Å²) in [6.45, 7) is 14.7. The number of unbranched alkanes of at least 4 members (excludes halogenated alkanes) is 1. The molecule has 0 saturated carbocycles. The third kappa shape index (κ3) is 3.41. The van der Waals surface area contributed by atoms with E-state index in [2.05, 4.69) is 65.5 Å². The molecule has 21 heavy (non-hydrogen) atoms. The van der Waals surface area contributed by atoms with Crippen molar-refractivity contribution in [1.82, 2.24) is 0 Å². The highest BCUT2D eigenvalue weighted by atomic mass is 16.7. The quantitative estimate of drug-likeness (QED) is 0.732. The van der Waals surface area contributed by atoms with Crippen LogP contribution in [0.15, 0.2) is 30.8 Å². The van der Waals surface area contributed by atoms with Crippen LogP contribution in [-0.4, -0.2) is 18.3 Å². The molecule has 2 rings (SSSR count). The Hall–Kier alpha value is -1.06. The Kier molecular flexibility index (Phi) is 4.65. The summed E-state index contributed by atoms with van der Waals surface area (Å²) >= 11 is 0. The van der Waals surface area contributed by atoms with Crippen LogP contribution >= 0.6 is 0 Å². The third-order valence-electron chi connectivity index (χ3n) is 4.68. The smallest absolute Gasteiger partial charge is 0.399 e. The molecule has 1 aliphatic heterocycles. The number of rotatable bonds is 5. The summed E-state index contributed by atoms with van der Waals surface area (Å²) in [4.78, 5) is 0. The van der Waals surface area contributed by atoms with E-state index < -0.39 is 0 Å². The molecule has 0 radical (unpaired) electrons. The Morgan fingerprint density at radius 1 is 1.05 bits per heavy atom. The van der Waals surface area contributed by atoms with Gasteiger partial charge in [-0.25, -0.2) is 0 Å². The van der Waals surface area contributed by atoms with Crippen molar-refractivity contribution in [1.29, 1.82) is 0 Å². The molecule has 0 spiro atoms. The molecule has 1 aliphatic rings. The molecule has 1 heterocycles. The maximum Gasteiger partial charge on any atom is 0.494 e. The Morgan fingerprint density at radius 2 is 1.57 bits per heavy atom. The van der Waals surface area contributed by atoms with E-state index in [0.717, 1.165) is 17.5 Å². The van der Waals surface area contributed by atoms with Crippen LogP contribution in [0, 0.1) is 0 Å². The fourth-order valence-corrected chi connectivity index (χ4v) is 2.39. The van der Waals surface area contributed by atoms with Crippen molar-refractivity contribution >= 4 is 12.6 Å². The molecule has 0 N–H and O–H groups in total. The van der Waals surface area contributed by atoms with Crippen LogP contribution in [0.1, 0.15) is 58.6 Å². The summed E-state index contributed by atoms with van der Waals surface area (Å²) in [6.07, 6.45) is 3.60. The molecule has 0 amide bonds. The first kappa shape index (κ1) is 16.3. The van der Waals surface area contributed by atoms with Crippen molar-refractivity contribution in [3.8, 4) is 0 Å². The first-order chi connectivity index (χ1) is 9.77. The molecule has 114 valence electrons. The molecule has 1 fully saturated rings. The lowest BCUT2D eigenvalue weighted by Crippen LogP contribution is -2.41. The van der Waals surface area contributed by atoms with E-state index >= 15 is 0 Å². The predicted molar refractivity (Wildman–Crippen MR) is 90.2 cm³/mol. The number of hydrogen-bond acceptors (Lipinski definition) is 2. The molecule has 0 unspecified atom stereocenters. The molecule has 1 saturated heterocycles. The van der Waals surface area contributed by atoms with E-state index in [4.69, 9.17) is 9.31 Å². The minimum absolute atomic E-state index is 0.318. The van der Waals surface area contributed by atoms with E-state index in [9.17, 15) is 0 Å². The van der Waals surface area contributed by atoms with Crippen molar-refractivity contribution < 1.29 is 9.31 Å². The summed E-state index contributed by atoms with van der Waals surface area (Å²) in [5, 5.41) is 0. The summed E-state index contributed by atoms with van der Waals surface area (Å²) in [5.41, 5.74) is 2.73. The fourth-order valence-electron chi connectivity index (χ4n) is 2.39. The van der Waals surface area contributed by atoms with Crippen molar-refractivity contribution in [2.45, 2.75) is 65.1 Å². The predicted octanol–water partition coefficient (Wildman–Crippen LogP) is 4.67. The van der Waals surface area contributed by atoms with Gasteiger partial charge in [0.15, 0.2) is 0 Å². The lowest BCUT2D eigenvalue weighted by atomic mass is 9.75. The van der Waals surface area contributed by atoms with Gasteiger partial charge < -0.3 is 9.31 Å². The van der Waals surface area contributed by atoms with Gasteiger partial charge in [0, 0.05) is 0 Å². The van der Waals surface area contributed by atoms with Crippen LogP contribution in [0.4, 0.5) is 0 Å². The second-order valence-corrected chi connectivity index (χ2v) is 6.91. The highest BCUT2D eigenvalue weighted by Crippen LogP contribution is 2.40. The topological polar surface area (TPSA) is 18.5 Å². The molecule has 2 nitrogen and oxygen atoms in total. The lowest BCUT2D eigenvalue weighted by Gasteiger charge is -2.32. The first-order valence-electron chi connectivity index (χ1n) is 7.90. The molecule has 3 heteroatoms. The third-order valence-corrected chi connectivity index (χ3v) is 4.68. The van der Waals surface area contributed by atoms with E-state index in [1.54, 1.807) is 0 Å². The van der Waals surface area contributed by atoms with Gasteiger partial charge in [-0.1, -0.05) is 44.2 Å². The Balaban J connectivity index is 2.07. The van der Waals surface area contributed by atoms with E-state index in [-0.39, 0.29) is 18.3 Å². The van der Waals surface area contributed by atoms with Crippen molar-refractivity contribution in [3.05, 3.63) is 42.0 Å². The summed E-state index contributed by atoms with van der Waals surface area (Å²) in [5.74, 6) is 0. The second-order valence-electron chi connectivity index (χ2n) is 6.91. The van der Waals surface area contributed by atoms with Gasteiger partial charge in [0.25, 0.3) is 0 Å². The Bertz CT molecular complexity index is 486. The van der Waals surface area contributed by atoms with Crippen LogP contribution in [0.2, 0.25) is 0 Å². The second kappa shape index (κ2) is 5.98. The minimum atomic E-state index is -0.364. The van der Waals surface area contributed by atoms with Gasteiger partial charge in [-0.05, 0) is 57.1 Å². The summed E-state index contributed by atoms with van der Waals surface area (Å²) in [6, 6.07) is 8.61. The average molecular weight is 286 g/mol. The van der Waals surface area contributed by atoms with Gasteiger partial charge in [-0.2, -0.15) is 0 Å². The van der Waals surface area contributed by atoms with Gasteiger partial charge in [0.2, 0.25) is 0 Å². The monoisotopic (exact) mass is 286 g/mol. The van der Waals surface area contributed by atoms with Crippen LogP contribution < -0.4 is 0 Å². The molecular weight excluding hydrogens is 259 g/mol. The largest absolute Gasteiger partial charge is 0.494 e.